The molecule has 8 heteroatoms. The highest BCUT2D eigenvalue weighted by atomic mass is 16.3. The van der Waals surface area contributed by atoms with Gasteiger partial charge in [-0.25, -0.2) is 0 Å². The maximum Gasteiger partial charge on any atom is 0.193 e. The van der Waals surface area contributed by atoms with Crippen molar-refractivity contribution < 1.29 is 5.11 Å². The monoisotopic (exact) mass is 265 g/mol. The zero-order valence-corrected chi connectivity index (χ0v) is 11.4. The molecule has 2 rings (SSSR count). The van der Waals surface area contributed by atoms with Crippen molar-refractivity contribution in [3.05, 3.63) is 18.1 Å². The minimum atomic E-state index is -0.173. The van der Waals surface area contributed by atoms with Gasteiger partial charge in [0.15, 0.2) is 5.82 Å². The van der Waals surface area contributed by atoms with Gasteiger partial charge in [0, 0.05) is 12.3 Å². The Morgan fingerprint density at radius 2 is 2.11 bits per heavy atom. The lowest BCUT2D eigenvalue weighted by molar-refractivity contribution is 0.269. The lowest BCUT2D eigenvalue weighted by atomic mass is 10.1. The first-order chi connectivity index (χ1) is 8.99. The van der Waals surface area contributed by atoms with E-state index in [4.69, 9.17) is 5.11 Å². The summed E-state index contributed by atoms with van der Waals surface area (Å²) >= 11 is 0. The van der Waals surface area contributed by atoms with Crippen LogP contribution < -0.4 is 5.32 Å². The van der Waals surface area contributed by atoms with Crippen molar-refractivity contribution in [1.82, 2.24) is 30.0 Å². The first kappa shape index (κ1) is 13.5. The van der Waals surface area contributed by atoms with Gasteiger partial charge in [0.05, 0.1) is 25.2 Å². The number of aromatic nitrogens is 6. The highest BCUT2D eigenvalue weighted by Crippen LogP contribution is 2.09. The van der Waals surface area contributed by atoms with Gasteiger partial charge >= 0.3 is 0 Å². The standard InChI is InChI=1S/C11H19N7O/c1-11(2,3)18-15-10(13-16-18)8-12-9-4-5-17(14-9)6-7-19/h4-5,19H,6-8H2,1-3H3,(H,12,14). The number of aliphatic hydroxyl groups excluding tert-OH is 1. The molecule has 2 aromatic heterocycles. The average Bonchev–Trinajstić information content (AvgIpc) is 2.94. The van der Waals surface area contributed by atoms with Crippen LogP contribution in [0.25, 0.3) is 0 Å². The summed E-state index contributed by atoms with van der Waals surface area (Å²) in [6.45, 7) is 7.07. The Labute approximate surface area is 111 Å². The molecule has 19 heavy (non-hydrogen) atoms. The molecule has 0 aliphatic heterocycles. The molecule has 8 nitrogen and oxygen atoms in total. The van der Waals surface area contributed by atoms with Gasteiger partial charge in [0.25, 0.3) is 0 Å². The Kier molecular flexibility index (Phi) is 3.79. The first-order valence-electron chi connectivity index (χ1n) is 6.16. The first-order valence-corrected chi connectivity index (χ1v) is 6.16. The molecule has 0 spiro atoms. The molecule has 2 aromatic rings. The Balaban J connectivity index is 1.93. The SMILES string of the molecule is CC(C)(C)n1nnc(CNc2ccn(CCO)n2)n1. The number of tetrazole rings is 1. The minimum Gasteiger partial charge on any atom is -0.394 e. The van der Waals surface area contributed by atoms with Gasteiger partial charge in [-0.05, 0) is 26.0 Å². The molecule has 0 aliphatic carbocycles. The third-order valence-electron chi connectivity index (χ3n) is 2.45. The van der Waals surface area contributed by atoms with Crippen molar-refractivity contribution >= 4 is 5.82 Å². The largest absolute Gasteiger partial charge is 0.394 e. The smallest absolute Gasteiger partial charge is 0.193 e. The second-order valence-corrected chi connectivity index (χ2v) is 5.21. The van der Waals surface area contributed by atoms with Crippen LogP contribution in [0.5, 0.6) is 0 Å². The van der Waals surface area contributed by atoms with Gasteiger partial charge in [-0.2, -0.15) is 9.90 Å². The van der Waals surface area contributed by atoms with Crippen molar-refractivity contribution in [3.63, 3.8) is 0 Å². The van der Waals surface area contributed by atoms with Crippen LogP contribution >= 0.6 is 0 Å². The van der Waals surface area contributed by atoms with Crippen LogP contribution in [-0.4, -0.2) is 41.7 Å². The highest BCUT2D eigenvalue weighted by Gasteiger charge is 2.16. The minimum absolute atomic E-state index is 0.0720. The van der Waals surface area contributed by atoms with Crippen LogP contribution in [0.2, 0.25) is 0 Å². The van der Waals surface area contributed by atoms with E-state index < -0.39 is 0 Å². The van der Waals surface area contributed by atoms with Crippen molar-refractivity contribution in [3.8, 4) is 0 Å². The van der Waals surface area contributed by atoms with E-state index in [2.05, 4.69) is 25.8 Å². The Morgan fingerprint density at radius 1 is 1.32 bits per heavy atom. The Morgan fingerprint density at radius 3 is 2.74 bits per heavy atom. The number of aliphatic hydroxyl groups is 1. The van der Waals surface area contributed by atoms with Crippen LogP contribution in [0.15, 0.2) is 12.3 Å². The number of hydrogen-bond acceptors (Lipinski definition) is 6. The van der Waals surface area contributed by atoms with Crippen LogP contribution in [0.4, 0.5) is 5.82 Å². The van der Waals surface area contributed by atoms with E-state index in [1.807, 2.05) is 26.8 Å². The second kappa shape index (κ2) is 5.35. The van der Waals surface area contributed by atoms with E-state index in [1.165, 1.54) is 0 Å². The van der Waals surface area contributed by atoms with E-state index in [-0.39, 0.29) is 12.1 Å². The Hall–Kier alpha value is -1.96. The van der Waals surface area contributed by atoms with E-state index in [0.29, 0.717) is 18.9 Å². The zero-order valence-electron chi connectivity index (χ0n) is 11.4. The van der Waals surface area contributed by atoms with Crippen LogP contribution in [0.3, 0.4) is 0 Å². The molecular weight excluding hydrogens is 246 g/mol. The molecule has 0 amide bonds. The van der Waals surface area contributed by atoms with Crippen molar-refractivity contribution in [2.45, 2.75) is 39.4 Å². The molecule has 104 valence electrons. The molecule has 2 heterocycles. The molecule has 0 fully saturated rings. The summed E-state index contributed by atoms with van der Waals surface area (Å²) in [5, 5.41) is 28.4. The maximum atomic E-state index is 8.80. The summed E-state index contributed by atoms with van der Waals surface area (Å²) in [6, 6.07) is 1.84. The van der Waals surface area contributed by atoms with Gasteiger partial charge in [0.1, 0.15) is 5.82 Å². The summed E-state index contributed by atoms with van der Waals surface area (Å²) in [5.74, 6) is 1.34. The van der Waals surface area contributed by atoms with Crippen LogP contribution in [0.1, 0.15) is 26.6 Å². The summed E-state index contributed by atoms with van der Waals surface area (Å²) < 4.78 is 1.67. The lowest BCUT2D eigenvalue weighted by Gasteiger charge is -2.15. The maximum absolute atomic E-state index is 8.80. The van der Waals surface area contributed by atoms with Crippen LogP contribution in [-0.2, 0) is 18.6 Å². The molecule has 0 saturated carbocycles. The van der Waals surface area contributed by atoms with Crippen molar-refractivity contribution in [2.75, 3.05) is 11.9 Å². The number of nitrogens with one attached hydrogen (secondary N) is 1. The summed E-state index contributed by atoms with van der Waals surface area (Å²) in [7, 11) is 0. The molecule has 0 unspecified atom stereocenters. The second-order valence-electron chi connectivity index (χ2n) is 5.21. The number of anilines is 1. The molecule has 0 aliphatic rings. The third-order valence-corrected chi connectivity index (χ3v) is 2.45. The van der Waals surface area contributed by atoms with Crippen LogP contribution in [0, 0.1) is 0 Å². The van der Waals surface area contributed by atoms with E-state index in [1.54, 1.807) is 15.7 Å². The molecule has 2 N–H and O–H groups in total. The van der Waals surface area contributed by atoms with Crippen molar-refractivity contribution in [1.29, 1.82) is 0 Å². The van der Waals surface area contributed by atoms with Crippen molar-refractivity contribution in [2.24, 2.45) is 0 Å². The predicted molar refractivity (Wildman–Crippen MR) is 69.5 cm³/mol. The third kappa shape index (κ3) is 3.50. The van der Waals surface area contributed by atoms with Gasteiger partial charge < -0.3 is 10.4 Å². The van der Waals surface area contributed by atoms with Gasteiger partial charge in [0.2, 0.25) is 0 Å². The number of nitrogens with zero attached hydrogens (tertiary/aromatic N) is 6. The van der Waals surface area contributed by atoms with Gasteiger partial charge in [-0.3, -0.25) is 4.68 Å². The predicted octanol–water partition coefficient (Wildman–Crippen LogP) is 0.229. The molecular formula is C11H19N7O. The molecule has 0 saturated heterocycles. The van der Waals surface area contributed by atoms with Gasteiger partial charge in [-0.15, -0.1) is 10.2 Å². The fourth-order valence-electron chi connectivity index (χ4n) is 1.45. The summed E-state index contributed by atoms with van der Waals surface area (Å²) in [4.78, 5) is 1.59. The molecule has 0 atom stereocenters. The zero-order chi connectivity index (χ0) is 13.9. The topological polar surface area (TPSA) is 93.7 Å². The average molecular weight is 265 g/mol. The molecule has 0 bridgehead atoms. The van der Waals surface area contributed by atoms with E-state index in [9.17, 15) is 0 Å². The number of rotatable bonds is 5. The quantitative estimate of drug-likeness (QED) is 0.803. The van der Waals surface area contributed by atoms with E-state index >= 15 is 0 Å². The summed E-state index contributed by atoms with van der Waals surface area (Å²) in [5.41, 5.74) is -0.173. The summed E-state index contributed by atoms with van der Waals surface area (Å²) in [6.07, 6.45) is 1.80. The fraction of sp³-hybridized carbons (Fsp3) is 0.636. The fourth-order valence-corrected chi connectivity index (χ4v) is 1.45. The molecule has 0 radical (unpaired) electrons. The Bertz CT molecular complexity index is 525. The van der Waals surface area contributed by atoms with Gasteiger partial charge in [-0.1, -0.05) is 0 Å². The highest BCUT2D eigenvalue weighted by molar-refractivity contribution is 5.32. The van der Waals surface area contributed by atoms with E-state index in [0.717, 1.165) is 5.82 Å². The normalized spacial score (nSPS) is 11.8. The molecule has 0 aromatic carbocycles. The lowest BCUT2D eigenvalue weighted by Crippen LogP contribution is -2.24. The number of hydrogen-bond donors (Lipinski definition) is 2.